The Bertz CT molecular complexity index is 987. The summed E-state index contributed by atoms with van der Waals surface area (Å²) in [6.07, 6.45) is 2.43. The van der Waals surface area contributed by atoms with E-state index in [1.165, 1.54) is 5.56 Å². The van der Waals surface area contributed by atoms with Crippen LogP contribution in [0, 0.1) is 0 Å². The van der Waals surface area contributed by atoms with Gasteiger partial charge in [0.1, 0.15) is 5.75 Å². The van der Waals surface area contributed by atoms with Crippen LogP contribution in [0.1, 0.15) is 36.3 Å². The number of ether oxygens (including phenoxy) is 1. The van der Waals surface area contributed by atoms with E-state index in [-0.39, 0.29) is 30.0 Å². The van der Waals surface area contributed by atoms with Gasteiger partial charge in [0.05, 0.1) is 12.6 Å². The standard InChI is InChI=1S/C22H25N5O2.HI/c1-2-20-26-21(29-27-20)16-9-7-15(8-10-16)11-13-24-22(23)25-18-12-14-28-19-6-4-3-5-17(18)19;/h3-10,18H,2,11-14H2,1H3,(H3,23,24,25);1H. The van der Waals surface area contributed by atoms with Crippen LogP contribution >= 0.6 is 24.0 Å². The molecule has 1 aliphatic rings. The predicted octanol–water partition coefficient (Wildman–Crippen LogP) is 3.89. The van der Waals surface area contributed by atoms with Crippen LogP contribution in [0.15, 0.2) is 58.0 Å². The van der Waals surface area contributed by atoms with E-state index >= 15 is 0 Å². The number of hydrogen-bond donors (Lipinski definition) is 2. The molecule has 0 aliphatic carbocycles. The van der Waals surface area contributed by atoms with Gasteiger partial charge < -0.3 is 20.3 Å². The van der Waals surface area contributed by atoms with Gasteiger partial charge in [0, 0.05) is 30.5 Å². The van der Waals surface area contributed by atoms with Gasteiger partial charge in [-0.05, 0) is 30.2 Å². The maximum absolute atomic E-state index is 6.11. The van der Waals surface area contributed by atoms with Crippen molar-refractivity contribution in [3.8, 4) is 17.2 Å². The number of benzene rings is 2. The summed E-state index contributed by atoms with van der Waals surface area (Å²) in [6.45, 7) is 3.29. The molecule has 0 bridgehead atoms. The van der Waals surface area contributed by atoms with E-state index in [1.54, 1.807) is 0 Å². The number of aryl methyl sites for hydroxylation is 1. The highest BCUT2D eigenvalue weighted by Gasteiger charge is 2.21. The molecule has 7 nitrogen and oxygen atoms in total. The number of halogens is 1. The number of nitrogens with zero attached hydrogens (tertiary/aromatic N) is 3. The normalized spacial score (nSPS) is 15.6. The van der Waals surface area contributed by atoms with Crippen molar-refractivity contribution in [3.05, 3.63) is 65.5 Å². The third-order valence-electron chi connectivity index (χ3n) is 4.95. The second-order valence-electron chi connectivity index (χ2n) is 6.96. The molecule has 0 saturated carbocycles. The summed E-state index contributed by atoms with van der Waals surface area (Å²) in [5.41, 5.74) is 9.33. The maximum Gasteiger partial charge on any atom is 0.257 e. The quantitative estimate of drug-likeness (QED) is 0.292. The lowest BCUT2D eigenvalue weighted by Gasteiger charge is -2.26. The molecule has 2 aromatic carbocycles. The van der Waals surface area contributed by atoms with Crippen LogP contribution in [0.4, 0.5) is 0 Å². The van der Waals surface area contributed by atoms with Crippen LogP contribution in [-0.4, -0.2) is 29.3 Å². The lowest BCUT2D eigenvalue weighted by Crippen LogP contribution is -2.37. The first-order valence-corrected chi connectivity index (χ1v) is 9.93. The molecular formula is C22H26IN5O2. The van der Waals surface area contributed by atoms with E-state index in [2.05, 4.69) is 38.6 Å². The minimum Gasteiger partial charge on any atom is -0.493 e. The Kier molecular flexibility index (Phi) is 7.67. The zero-order valence-electron chi connectivity index (χ0n) is 16.9. The number of nitrogens with two attached hydrogens (primary N) is 1. The highest BCUT2D eigenvalue weighted by atomic mass is 127. The smallest absolute Gasteiger partial charge is 0.257 e. The number of nitrogens with one attached hydrogen (secondary N) is 1. The average Bonchev–Trinajstić information content (AvgIpc) is 3.24. The van der Waals surface area contributed by atoms with Gasteiger partial charge in [-0.1, -0.05) is 42.4 Å². The second-order valence-corrected chi connectivity index (χ2v) is 6.96. The summed E-state index contributed by atoms with van der Waals surface area (Å²) in [5, 5.41) is 7.25. The lowest BCUT2D eigenvalue weighted by molar-refractivity contribution is 0.262. The summed E-state index contributed by atoms with van der Waals surface area (Å²) in [6, 6.07) is 16.3. The molecule has 0 fully saturated rings. The number of hydrogen-bond acceptors (Lipinski definition) is 5. The molecule has 0 amide bonds. The highest BCUT2D eigenvalue weighted by Crippen LogP contribution is 2.31. The van der Waals surface area contributed by atoms with Crippen molar-refractivity contribution in [1.29, 1.82) is 0 Å². The van der Waals surface area contributed by atoms with Gasteiger partial charge >= 0.3 is 0 Å². The van der Waals surface area contributed by atoms with Gasteiger partial charge in [-0.25, -0.2) is 0 Å². The molecule has 158 valence electrons. The third-order valence-corrected chi connectivity index (χ3v) is 4.95. The summed E-state index contributed by atoms with van der Waals surface area (Å²) < 4.78 is 11.0. The molecule has 1 unspecified atom stereocenters. The van der Waals surface area contributed by atoms with Crippen molar-refractivity contribution in [2.24, 2.45) is 10.7 Å². The fourth-order valence-corrected chi connectivity index (χ4v) is 3.35. The van der Waals surface area contributed by atoms with Gasteiger partial charge in [-0.2, -0.15) is 4.98 Å². The van der Waals surface area contributed by atoms with Crippen molar-refractivity contribution in [1.82, 2.24) is 15.5 Å². The number of aromatic nitrogens is 2. The highest BCUT2D eigenvalue weighted by molar-refractivity contribution is 14.0. The summed E-state index contributed by atoms with van der Waals surface area (Å²) >= 11 is 0. The van der Waals surface area contributed by atoms with E-state index in [4.69, 9.17) is 15.0 Å². The molecule has 30 heavy (non-hydrogen) atoms. The fraction of sp³-hybridized carbons (Fsp3) is 0.318. The van der Waals surface area contributed by atoms with E-state index in [9.17, 15) is 0 Å². The first kappa shape index (κ1) is 22.1. The van der Waals surface area contributed by atoms with Gasteiger partial charge in [-0.3, -0.25) is 4.99 Å². The zero-order chi connectivity index (χ0) is 20.1. The van der Waals surface area contributed by atoms with Crippen LogP contribution in [-0.2, 0) is 12.8 Å². The number of aliphatic imine (C=N–C) groups is 1. The Morgan fingerprint density at radius 3 is 2.77 bits per heavy atom. The van der Waals surface area contributed by atoms with Crippen molar-refractivity contribution in [2.45, 2.75) is 32.2 Å². The topological polar surface area (TPSA) is 98.6 Å². The molecule has 0 radical (unpaired) electrons. The first-order valence-electron chi connectivity index (χ1n) is 9.93. The van der Waals surface area contributed by atoms with Crippen LogP contribution < -0.4 is 15.8 Å². The van der Waals surface area contributed by atoms with Crippen LogP contribution in [0.2, 0.25) is 0 Å². The Morgan fingerprint density at radius 2 is 2.00 bits per heavy atom. The molecule has 2 heterocycles. The van der Waals surface area contributed by atoms with Gasteiger partial charge in [0.2, 0.25) is 0 Å². The lowest BCUT2D eigenvalue weighted by atomic mass is 10.0. The molecule has 3 N–H and O–H groups in total. The number of fused-ring (bicyclic) bond motifs is 1. The van der Waals surface area contributed by atoms with E-state index in [1.807, 2.05) is 37.3 Å². The molecule has 0 saturated heterocycles. The summed E-state index contributed by atoms with van der Waals surface area (Å²) in [5.74, 6) is 2.64. The molecule has 4 rings (SSSR count). The molecule has 0 spiro atoms. The maximum atomic E-state index is 6.11. The monoisotopic (exact) mass is 519 g/mol. The van der Waals surface area contributed by atoms with E-state index in [0.717, 1.165) is 36.1 Å². The minimum atomic E-state index is 0. The summed E-state index contributed by atoms with van der Waals surface area (Å²) in [7, 11) is 0. The number of guanidine groups is 1. The second kappa shape index (κ2) is 10.4. The van der Waals surface area contributed by atoms with Crippen LogP contribution in [0.5, 0.6) is 5.75 Å². The van der Waals surface area contributed by atoms with Crippen LogP contribution in [0.25, 0.3) is 11.5 Å². The Balaban J connectivity index is 0.00000256. The van der Waals surface area contributed by atoms with E-state index in [0.29, 0.717) is 30.8 Å². The molecule has 1 aromatic heterocycles. The Hall–Kier alpha value is -2.62. The first-order chi connectivity index (χ1) is 14.2. The number of para-hydroxylation sites is 1. The zero-order valence-corrected chi connectivity index (χ0v) is 19.2. The Morgan fingerprint density at radius 1 is 1.20 bits per heavy atom. The van der Waals surface area contributed by atoms with Crippen molar-refractivity contribution >= 4 is 29.9 Å². The van der Waals surface area contributed by atoms with E-state index < -0.39 is 0 Å². The van der Waals surface area contributed by atoms with Gasteiger partial charge in [0.25, 0.3) is 5.89 Å². The van der Waals surface area contributed by atoms with Gasteiger partial charge in [0.15, 0.2) is 11.8 Å². The Labute approximate surface area is 193 Å². The fourth-order valence-electron chi connectivity index (χ4n) is 3.35. The van der Waals surface area contributed by atoms with Crippen molar-refractivity contribution in [3.63, 3.8) is 0 Å². The molecular weight excluding hydrogens is 493 g/mol. The van der Waals surface area contributed by atoms with Gasteiger partial charge in [-0.15, -0.1) is 24.0 Å². The molecule has 3 aromatic rings. The van der Waals surface area contributed by atoms with Crippen molar-refractivity contribution < 1.29 is 9.26 Å². The van der Waals surface area contributed by atoms with Crippen LogP contribution in [0.3, 0.4) is 0 Å². The average molecular weight is 519 g/mol. The predicted molar refractivity (Wildman–Crippen MR) is 127 cm³/mol. The largest absolute Gasteiger partial charge is 0.493 e. The molecule has 8 heteroatoms. The summed E-state index contributed by atoms with van der Waals surface area (Å²) in [4.78, 5) is 8.84. The molecule has 1 aliphatic heterocycles. The minimum absolute atomic E-state index is 0. The number of rotatable bonds is 6. The van der Waals surface area contributed by atoms with Crippen molar-refractivity contribution in [2.75, 3.05) is 13.2 Å². The molecule has 1 atom stereocenters. The third kappa shape index (κ3) is 5.29. The SMILES string of the molecule is CCc1noc(-c2ccc(CCN=C(N)NC3CCOc4ccccc43)cc2)n1.I.